The van der Waals surface area contributed by atoms with Crippen molar-refractivity contribution in [3.05, 3.63) is 69.6 Å². The Bertz CT molecular complexity index is 886. The summed E-state index contributed by atoms with van der Waals surface area (Å²) in [7, 11) is -3.91. The van der Waals surface area contributed by atoms with Crippen molar-refractivity contribution in [2.75, 3.05) is 0 Å². The maximum atomic E-state index is 12.5. The molecular weight excluding hydrogens is 310 g/mol. The van der Waals surface area contributed by atoms with E-state index in [0.717, 1.165) is 0 Å². The number of carbonyl (C=O) groups excluding carboxylic acids is 1. The van der Waals surface area contributed by atoms with Gasteiger partial charge in [-0.2, -0.15) is 0 Å². The summed E-state index contributed by atoms with van der Waals surface area (Å²) in [6, 6.07) is 12.6. The van der Waals surface area contributed by atoms with Crippen LogP contribution in [-0.2, 0) is 9.84 Å². The Balaban J connectivity index is 2.30. The number of fused-ring (bicyclic) bond motifs is 1. The number of halogens is 1. The van der Waals surface area contributed by atoms with E-state index in [1.807, 2.05) is 0 Å². The Kier molecular flexibility index (Phi) is 3.11. The number of ketones is 1. The van der Waals surface area contributed by atoms with E-state index in [1.165, 1.54) is 18.2 Å². The highest BCUT2D eigenvalue weighted by Gasteiger charge is 2.41. The molecule has 4 nitrogen and oxygen atoms in total. The second-order valence-electron chi connectivity index (χ2n) is 4.58. The van der Waals surface area contributed by atoms with Crippen LogP contribution in [0.15, 0.2) is 58.3 Å². The quantitative estimate of drug-likeness (QED) is 0.820. The Morgan fingerprint density at radius 2 is 1.71 bits per heavy atom. The molecule has 0 aromatic heterocycles. The molecule has 2 aromatic rings. The van der Waals surface area contributed by atoms with Crippen LogP contribution in [0.4, 0.5) is 0 Å². The highest BCUT2D eigenvalue weighted by atomic mass is 35.5. The zero-order valence-electron chi connectivity index (χ0n) is 10.7. The number of nitrogens with two attached hydrogens (primary N) is 1. The normalized spacial score (nSPS) is 18.4. The molecule has 0 radical (unpaired) electrons. The summed E-state index contributed by atoms with van der Waals surface area (Å²) in [6.07, 6.45) is 0. The van der Waals surface area contributed by atoms with E-state index in [9.17, 15) is 13.2 Å². The zero-order chi connectivity index (χ0) is 15.2. The number of rotatable bonds is 1. The first-order chi connectivity index (χ1) is 9.93. The van der Waals surface area contributed by atoms with E-state index in [0.29, 0.717) is 10.6 Å². The van der Waals surface area contributed by atoms with E-state index >= 15 is 0 Å². The number of allylic oxidation sites excluding steroid dienone is 1. The molecule has 0 fully saturated rings. The Labute approximate surface area is 126 Å². The summed E-state index contributed by atoms with van der Waals surface area (Å²) in [5.41, 5.74) is 6.44. The maximum absolute atomic E-state index is 12.5. The minimum Gasteiger partial charge on any atom is -0.397 e. The van der Waals surface area contributed by atoms with Gasteiger partial charge in [-0.3, -0.25) is 4.79 Å². The van der Waals surface area contributed by atoms with Crippen molar-refractivity contribution in [1.29, 1.82) is 0 Å². The van der Waals surface area contributed by atoms with Crippen LogP contribution in [0.1, 0.15) is 15.9 Å². The lowest BCUT2D eigenvalue weighted by Crippen LogP contribution is -2.11. The van der Waals surface area contributed by atoms with E-state index in [1.54, 1.807) is 30.3 Å². The van der Waals surface area contributed by atoms with Crippen LogP contribution in [0.5, 0.6) is 0 Å². The lowest BCUT2D eigenvalue weighted by molar-refractivity contribution is 0.104. The topological polar surface area (TPSA) is 77.2 Å². The first kappa shape index (κ1) is 13.9. The second kappa shape index (κ2) is 4.72. The van der Waals surface area contributed by atoms with Crippen molar-refractivity contribution < 1.29 is 13.2 Å². The molecule has 0 bridgehead atoms. The average molecular weight is 320 g/mol. The number of benzene rings is 2. The minimum atomic E-state index is -3.91. The molecule has 1 heterocycles. The fraction of sp³-hybridized carbons (Fsp3) is 0. The van der Waals surface area contributed by atoms with Crippen LogP contribution in [0.2, 0.25) is 5.02 Å². The fourth-order valence-corrected chi connectivity index (χ4v) is 4.13. The molecule has 0 saturated heterocycles. The van der Waals surface area contributed by atoms with Gasteiger partial charge in [0, 0.05) is 10.6 Å². The first-order valence-electron chi connectivity index (χ1n) is 6.07. The predicted octanol–water partition coefficient (Wildman–Crippen LogP) is 2.64. The van der Waals surface area contributed by atoms with E-state index in [-0.39, 0.29) is 21.1 Å². The third kappa shape index (κ3) is 2.05. The highest BCUT2D eigenvalue weighted by molar-refractivity contribution is 7.97. The van der Waals surface area contributed by atoms with Crippen LogP contribution in [0, 0.1) is 0 Å². The number of hydrogen-bond donors (Lipinski definition) is 1. The van der Waals surface area contributed by atoms with Gasteiger partial charge in [-0.1, -0.05) is 41.9 Å². The lowest BCUT2D eigenvalue weighted by atomic mass is 10.1. The molecule has 0 amide bonds. The molecule has 6 heteroatoms. The number of carbonyl (C=O) groups is 1. The van der Waals surface area contributed by atoms with Crippen molar-refractivity contribution in [2.24, 2.45) is 5.73 Å². The molecule has 0 spiro atoms. The summed E-state index contributed by atoms with van der Waals surface area (Å²) < 4.78 is 25.0. The third-order valence-corrected chi connectivity index (χ3v) is 5.39. The van der Waals surface area contributed by atoms with Gasteiger partial charge < -0.3 is 5.73 Å². The van der Waals surface area contributed by atoms with Crippen molar-refractivity contribution in [1.82, 2.24) is 0 Å². The predicted molar refractivity (Wildman–Crippen MR) is 80.5 cm³/mol. The van der Waals surface area contributed by atoms with Crippen molar-refractivity contribution >= 4 is 32.9 Å². The highest BCUT2D eigenvalue weighted by Crippen LogP contribution is 2.38. The van der Waals surface area contributed by atoms with Crippen LogP contribution in [0.3, 0.4) is 0 Å². The number of hydrogen-bond acceptors (Lipinski definition) is 4. The SMILES string of the molecule is N/C(=C1\C(=O)c2cc(Cl)ccc2S1(=O)=O)c1ccccc1. The molecule has 2 aromatic carbocycles. The average Bonchev–Trinajstić information content (AvgIpc) is 2.66. The molecular formula is C15H10ClNO3S. The number of Topliss-reactive ketones (excluding diaryl/α,β-unsaturated/α-hetero) is 1. The zero-order valence-corrected chi connectivity index (χ0v) is 12.3. The Hall–Kier alpha value is -2.11. The molecule has 1 aliphatic heterocycles. The van der Waals surface area contributed by atoms with Gasteiger partial charge in [0.15, 0.2) is 0 Å². The Morgan fingerprint density at radius 3 is 2.38 bits per heavy atom. The van der Waals surface area contributed by atoms with Gasteiger partial charge in [-0.15, -0.1) is 0 Å². The van der Waals surface area contributed by atoms with Crippen molar-refractivity contribution in [3.8, 4) is 0 Å². The summed E-state index contributed by atoms with van der Waals surface area (Å²) in [4.78, 5) is 12.0. The molecule has 0 aliphatic carbocycles. The van der Waals surface area contributed by atoms with Crippen molar-refractivity contribution in [2.45, 2.75) is 4.90 Å². The smallest absolute Gasteiger partial charge is 0.213 e. The van der Waals surface area contributed by atoms with Gasteiger partial charge in [0.25, 0.3) is 0 Å². The number of sulfone groups is 1. The standard InChI is InChI=1S/C15H10ClNO3S/c16-10-6-7-12-11(8-10)14(18)15(21(12,19)20)13(17)9-4-2-1-3-5-9/h1-8H,17H2/b15-13+. The molecule has 3 rings (SSSR count). The van der Waals surface area contributed by atoms with Gasteiger partial charge >= 0.3 is 0 Å². The molecule has 106 valence electrons. The van der Waals surface area contributed by atoms with Gasteiger partial charge in [-0.25, -0.2) is 8.42 Å². The molecule has 21 heavy (non-hydrogen) atoms. The van der Waals surface area contributed by atoms with Crippen LogP contribution < -0.4 is 5.73 Å². The van der Waals surface area contributed by atoms with Gasteiger partial charge in [-0.05, 0) is 23.8 Å². The van der Waals surface area contributed by atoms with Gasteiger partial charge in [0.1, 0.15) is 4.91 Å². The third-order valence-electron chi connectivity index (χ3n) is 3.28. The maximum Gasteiger partial charge on any atom is 0.213 e. The first-order valence-corrected chi connectivity index (χ1v) is 7.93. The van der Waals surface area contributed by atoms with Crippen LogP contribution in [-0.4, -0.2) is 14.2 Å². The Morgan fingerprint density at radius 1 is 1.05 bits per heavy atom. The molecule has 2 N–H and O–H groups in total. The summed E-state index contributed by atoms with van der Waals surface area (Å²) in [6.45, 7) is 0. The fourth-order valence-electron chi connectivity index (χ4n) is 2.28. The van der Waals surface area contributed by atoms with Crippen LogP contribution >= 0.6 is 11.6 Å². The monoisotopic (exact) mass is 319 g/mol. The molecule has 0 unspecified atom stereocenters. The van der Waals surface area contributed by atoms with Gasteiger partial charge in [0.2, 0.25) is 15.6 Å². The van der Waals surface area contributed by atoms with Gasteiger partial charge in [0.05, 0.1) is 10.6 Å². The molecule has 0 atom stereocenters. The summed E-state index contributed by atoms with van der Waals surface area (Å²) in [5.74, 6) is -0.617. The summed E-state index contributed by atoms with van der Waals surface area (Å²) in [5, 5.41) is 0.303. The second-order valence-corrected chi connectivity index (χ2v) is 6.87. The van der Waals surface area contributed by atoms with E-state index < -0.39 is 15.6 Å². The summed E-state index contributed by atoms with van der Waals surface area (Å²) >= 11 is 5.83. The minimum absolute atomic E-state index is 0.0482. The van der Waals surface area contributed by atoms with Crippen LogP contribution in [0.25, 0.3) is 5.70 Å². The molecule has 1 aliphatic rings. The van der Waals surface area contributed by atoms with E-state index in [2.05, 4.69) is 0 Å². The van der Waals surface area contributed by atoms with E-state index in [4.69, 9.17) is 17.3 Å². The molecule has 0 saturated carbocycles. The largest absolute Gasteiger partial charge is 0.397 e. The van der Waals surface area contributed by atoms with Crippen molar-refractivity contribution in [3.63, 3.8) is 0 Å². The lowest BCUT2D eigenvalue weighted by Gasteiger charge is -2.05.